The van der Waals surface area contributed by atoms with Crippen molar-refractivity contribution in [3.63, 3.8) is 0 Å². The molecule has 182 valence electrons. The number of nitrogens with zero attached hydrogens (tertiary/aromatic N) is 2. The smallest absolute Gasteiger partial charge is 0.325 e. The second-order valence-electron chi connectivity index (χ2n) is 8.19. The SMILES string of the molecule is O=C(CSc1ncc(-c2ccccc2)n1CC1CCCO1)NC(=O)Nc1ccc2c(c1)OCCO2. The molecule has 5 rings (SSSR count). The number of hydrogen-bond donors (Lipinski definition) is 2. The zero-order valence-corrected chi connectivity index (χ0v) is 19.9. The zero-order chi connectivity index (χ0) is 24.0. The van der Waals surface area contributed by atoms with Crippen LogP contribution < -0.4 is 20.1 Å². The molecule has 35 heavy (non-hydrogen) atoms. The summed E-state index contributed by atoms with van der Waals surface area (Å²) in [4.78, 5) is 29.4. The molecule has 2 aromatic carbocycles. The number of rotatable bonds is 7. The number of hydrogen-bond acceptors (Lipinski definition) is 7. The van der Waals surface area contributed by atoms with Crippen molar-refractivity contribution in [3.8, 4) is 22.8 Å². The summed E-state index contributed by atoms with van der Waals surface area (Å²) >= 11 is 1.29. The topological polar surface area (TPSA) is 104 Å². The number of thioether (sulfide) groups is 1. The second kappa shape index (κ2) is 10.8. The largest absolute Gasteiger partial charge is 0.486 e. The number of urea groups is 1. The predicted octanol–water partition coefficient (Wildman–Crippen LogP) is 3.94. The molecular formula is C25H26N4O5S. The van der Waals surface area contributed by atoms with Gasteiger partial charge < -0.3 is 24.1 Å². The maximum atomic E-state index is 12.5. The summed E-state index contributed by atoms with van der Waals surface area (Å²) < 4.78 is 18.9. The first-order chi connectivity index (χ1) is 17.2. The lowest BCUT2D eigenvalue weighted by molar-refractivity contribution is -0.117. The molecule has 2 aliphatic rings. The van der Waals surface area contributed by atoms with Gasteiger partial charge in [-0.05, 0) is 30.5 Å². The number of amides is 3. The summed E-state index contributed by atoms with van der Waals surface area (Å²) in [6.45, 7) is 2.38. The molecule has 0 bridgehead atoms. The Morgan fingerprint density at radius 2 is 1.89 bits per heavy atom. The number of imide groups is 1. The third kappa shape index (κ3) is 5.77. The summed E-state index contributed by atoms with van der Waals surface area (Å²) in [5, 5.41) is 5.73. The normalized spacial score (nSPS) is 16.6. The maximum absolute atomic E-state index is 12.5. The lowest BCUT2D eigenvalue weighted by Crippen LogP contribution is -2.35. The molecule has 3 aromatic rings. The molecule has 1 unspecified atom stereocenters. The van der Waals surface area contributed by atoms with Crippen LogP contribution in [0.3, 0.4) is 0 Å². The van der Waals surface area contributed by atoms with Gasteiger partial charge in [0.05, 0.1) is 30.3 Å². The minimum Gasteiger partial charge on any atom is -0.486 e. The van der Waals surface area contributed by atoms with Crippen LogP contribution in [0.4, 0.5) is 10.5 Å². The summed E-state index contributed by atoms with van der Waals surface area (Å²) in [6.07, 6.45) is 3.98. The van der Waals surface area contributed by atoms with E-state index in [9.17, 15) is 9.59 Å². The Bertz CT molecular complexity index is 1190. The Kier molecular flexibility index (Phi) is 7.20. The Balaban J connectivity index is 1.20. The number of benzene rings is 2. The number of ether oxygens (including phenoxy) is 3. The van der Waals surface area contributed by atoms with E-state index in [-0.39, 0.29) is 11.9 Å². The van der Waals surface area contributed by atoms with E-state index in [4.69, 9.17) is 14.2 Å². The van der Waals surface area contributed by atoms with E-state index in [0.29, 0.717) is 42.1 Å². The number of imidazole rings is 1. The number of fused-ring (bicyclic) bond motifs is 1. The summed E-state index contributed by atoms with van der Waals surface area (Å²) in [6, 6.07) is 14.5. The third-order valence-electron chi connectivity index (χ3n) is 5.68. The average Bonchev–Trinajstić information content (AvgIpc) is 3.53. The van der Waals surface area contributed by atoms with Gasteiger partial charge in [0.25, 0.3) is 0 Å². The molecule has 2 aliphatic heterocycles. The van der Waals surface area contributed by atoms with Crippen LogP contribution in [0, 0.1) is 0 Å². The van der Waals surface area contributed by atoms with Gasteiger partial charge in [-0.15, -0.1) is 0 Å². The van der Waals surface area contributed by atoms with E-state index >= 15 is 0 Å². The molecule has 0 aliphatic carbocycles. The molecule has 3 heterocycles. The van der Waals surface area contributed by atoms with Crippen LogP contribution in [-0.4, -0.2) is 53.2 Å². The summed E-state index contributed by atoms with van der Waals surface area (Å²) in [5.41, 5.74) is 2.53. The highest BCUT2D eigenvalue weighted by molar-refractivity contribution is 7.99. The third-order valence-corrected chi connectivity index (χ3v) is 6.67. The first kappa shape index (κ1) is 23.3. The number of anilines is 1. The molecule has 0 saturated carbocycles. The Morgan fingerprint density at radius 1 is 1.06 bits per heavy atom. The molecule has 1 atom stereocenters. The van der Waals surface area contributed by atoms with Crippen LogP contribution in [0.15, 0.2) is 59.9 Å². The maximum Gasteiger partial charge on any atom is 0.325 e. The minimum atomic E-state index is -0.611. The standard InChI is InChI=1S/C25H26N4O5S/c30-23(28-24(31)27-18-8-9-21-22(13-18)34-12-11-33-21)16-35-25-26-14-20(17-5-2-1-3-6-17)29(25)15-19-7-4-10-32-19/h1-3,5-6,8-9,13-14,19H,4,7,10-12,15-16H2,(H2,27,28,30,31). The molecule has 1 aromatic heterocycles. The highest BCUT2D eigenvalue weighted by Crippen LogP contribution is 2.32. The van der Waals surface area contributed by atoms with Gasteiger partial charge in [-0.25, -0.2) is 9.78 Å². The zero-order valence-electron chi connectivity index (χ0n) is 19.1. The lowest BCUT2D eigenvalue weighted by atomic mass is 10.1. The van der Waals surface area contributed by atoms with Gasteiger partial charge >= 0.3 is 6.03 Å². The number of carbonyl (C=O) groups excluding carboxylic acids is 2. The fourth-order valence-corrected chi connectivity index (χ4v) is 4.85. The van der Waals surface area contributed by atoms with E-state index in [1.807, 2.05) is 36.5 Å². The average molecular weight is 495 g/mol. The molecule has 3 amide bonds. The van der Waals surface area contributed by atoms with Crippen molar-refractivity contribution in [1.29, 1.82) is 0 Å². The predicted molar refractivity (Wildman–Crippen MR) is 132 cm³/mol. The van der Waals surface area contributed by atoms with E-state index in [1.165, 1.54) is 11.8 Å². The van der Waals surface area contributed by atoms with E-state index in [2.05, 4.69) is 20.2 Å². The summed E-state index contributed by atoms with van der Waals surface area (Å²) in [7, 11) is 0. The molecule has 2 N–H and O–H groups in total. The number of nitrogens with one attached hydrogen (secondary N) is 2. The van der Waals surface area contributed by atoms with Crippen molar-refractivity contribution in [3.05, 3.63) is 54.7 Å². The Labute approximate surface area is 207 Å². The Morgan fingerprint density at radius 3 is 2.69 bits per heavy atom. The Hall–Kier alpha value is -3.50. The van der Waals surface area contributed by atoms with Crippen LogP contribution in [0.5, 0.6) is 11.5 Å². The minimum absolute atomic E-state index is 0.0470. The second-order valence-corrected chi connectivity index (χ2v) is 9.13. The molecule has 0 radical (unpaired) electrons. The molecule has 1 saturated heterocycles. The number of carbonyl (C=O) groups is 2. The molecule has 1 fully saturated rings. The molecule has 10 heteroatoms. The van der Waals surface area contributed by atoms with Gasteiger partial charge in [0.1, 0.15) is 13.2 Å². The number of aromatic nitrogens is 2. The first-order valence-electron chi connectivity index (χ1n) is 11.5. The molecule has 9 nitrogen and oxygen atoms in total. The van der Waals surface area contributed by atoms with Gasteiger partial charge in [-0.1, -0.05) is 42.1 Å². The molecular weight excluding hydrogens is 468 g/mol. The van der Waals surface area contributed by atoms with Crippen LogP contribution >= 0.6 is 11.8 Å². The quantitative estimate of drug-likeness (QED) is 0.480. The summed E-state index contributed by atoms with van der Waals surface area (Å²) in [5.74, 6) is 0.815. The van der Waals surface area contributed by atoms with Gasteiger partial charge in [0, 0.05) is 18.4 Å². The van der Waals surface area contributed by atoms with Crippen LogP contribution in [0.2, 0.25) is 0 Å². The first-order valence-corrected chi connectivity index (χ1v) is 12.5. The monoisotopic (exact) mass is 494 g/mol. The fraction of sp³-hybridized carbons (Fsp3) is 0.320. The van der Waals surface area contributed by atoms with Crippen molar-refractivity contribution < 1.29 is 23.8 Å². The van der Waals surface area contributed by atoms with E-state index in [1.54, 1.807) is 18.2 Å². The van der Waals surface area contributed by atoms with E-state index in [0.717, 1.165) is 30.7 Å². The van der Waals surface area contributed by atoms with Gasteiger partial charge in [0.2, 0.25) is 5.91 Å². The van der Waals surface area contributed by atoms with Crippen LogP contribution in [0.1, 0.15) is 12.8 Å². The van der Waals surface area contributed by atoms with Crippen LogP contribution in [-0.2, 0) is 16.1 Å². The van der Waals surface area contributed by atoms with Crippen molar-refractivity contribution >= 4 is 29.4 Å². The highest BCUT2D eigenvalue weighted by atomic mass is 32.2. The fourth-order valence-electron chi connectivity index (χ4n) is 4.06. The lowest BCUT2D eigenvalue weighted by Gasteiger charge is -2.19. The van der Waals surface area contributed by atoms with Crippen molar-refractivity contribution in [2.45, 2.75) is 30.6 Å². The highest BCUT2D eigenvalue weighted by Gasteiger charge is 2.21. The van der Waals surface area contributed by atoms with Crippen molar-refractivity contribution in [2.75, 3.05) is 30.9 Å². The van der Waals surface area contributed by atoms with Gasteiger partial charge in [-0.2, -0.15) is 0 Å². The van der Waals surface area contributed by atoms with Gasteiger partial charge in [-0.3, -0.25) is 10.1 Å². The van der Waals surface area contributed by atoms with Crippen molar-refractivity contribution in [1.82, 2.24) is 14.9 Å². The molecule has 0 spiro atoms. The van der Waals surface area contributed by atoms with Crippen LogP contribution in [0.25, 0.3) is 11.3 Å². The van der Waals surface area contributed by atoms with Crippen molar-refractivity contribution in [2.24, 2.45) is 0 Å². The van der Waals surface area contributed by atoms with Gasteiger partial charge in [0.15, 0.2) is 16.7 Å². The van der Waals surface area contributed by atoms with E-state index < -0.39 is 11.9 Å².